The Morgan fingerprint density at radius 2 is 1.71 bits per heavy atom. The van der Waals surface area contributed by atoms with Crippen LogP contribution in [0, 0.1) is 11.8 Å². The highest BCUT2D eigenvalue weighted by molar-refractivity contribution is 5.90. The minimum atomic E-state index is -0.245. The molecule has 5 nitrogen and oxygen atoms in total. The summed E-state index contributed by atoms with van der Waals surface area (Å²) < 4.78 is 0. The van der Waals surface area contributed by atoms with Gasteiger partial charge in [0.2, 0.25) is 11.8 Å². The average molecular weight is 279 g/mol. The van der Waals surface area contributed by atoms with Gasteiger partial charge in [0.25, 0.3) is 0 Å². The number of anilines is 2. The molecule has 0 unspecified atom stereocenters. The molecular formula is C16H13N3O2. The van der Waals surface area contributed by atoms with Crippen molar-refractivity contribution in [1.29, 1.82) is 0 Å². The molecule has 2 rings (SSSR count). The van der Waals surface area contributed by atoms with Gasteiger partial charge in [-0.2, -0.15) is 0 Å². The summed E-state index contributed by atoms with van der Waals surface area (Å²) in [4.78, 5) is 26.4. The second kappa shape index (κ2) is 6.38. The Hall–Kier alpha value is -3.09. The number of hydrogen-bond donors (Lipinski definition) is 2. The van der Waals surface area contributed by atoms with Crippen molar-refractivity contribution in [2.45, 2.75) is 13.8 Å². The summed E-state index contributed by atoms with van der Waals surface area (Å²) in [5.74, 6) is 6.08. The third-order valence-electron chi connectivity index (χ3n) is 2.37. The molecule has 0 atom stereocenters. The Kier molecular flexibility index (Phi) is 4.35. The van der Waals surface area contributed by atoms with Crippen molar-refractivity contribution in [2.75, 3.05) is 10.6 Å². The summed E-state index contributed by atoms with van der Waals surface area (Å²) in [6.07, 6.45) is 5.47. The van der Waals surface area contributed by atoms with Gasteiger partial charge in [0, 0.05) is 19.4 Å². The lowest BCUT2D eigenvalue weighted by Crippen LogP contribution is -2.11. The summed E-state index contributed by atoms with van der Waals surface area (Å²) in [5, 5.41) is 5.15. The molecule has 1 aliphatic rings. The quantitative estimate of drug-likeness (QED) is 0.642. The van der Waals surface area contributed by atoms with Crippen molar-refractivity contribution in [3.63, 3.8) is 0 Å². The fourth-order valence-electron chi connectivity index (χ4n) is 1.64. The maximum Gasteiger partial charge on any atom is 0.222 e. The Bertz CT molecular complexity index is 723. The zero-order valence-electron chi connectivity index (χ0n) is 11.7. The van der Waals surface area contributed by atoms with E-state index in [0.717, 1.165) is 5.57 Å². The monoisotopic (exact) mass is 279 g/mol. The molecule has 5 heteroatoms. The van der Waals surface area contributed by atoms with Gasteiger partial charge in [-0.05, 0) is 24.3 Å². The third kappa shape index (κ3) is 4.50. The number of hydrogen-bond acceptors (Lipinski definition) is 3. The van der Waals surface area contributed by atoms with Gasteiger partial charge in [0.1, 0.15) is 11.6 Å². The first-order chi connectivity index (χ1) is 10.0. The summed E-state index contributed by atoms with van der Waals surface area (Å²) in [5.41, 5.74) is 4.38. The lowest BCUT2D eigenvalue weighted by molar-refractivity contribution is -0.115. The maximum atomic E-state index is 11.1. The van der Waals surface area contributed by atoms with Crippen molar-refractivity contribution in [1.82, 2.24) is 4.98 Å². The Labute approximate surface area is 122 Å². The number of pyridine rings is 1. The summed E-state index contributed by atoms with van der Waals surface area (Å²) in [6, 6.07) is 3.28. The molecule has 0 aliphatic heterocycles. The third-order valence-corrected chi connectivity index (χ3v) is 2.37. The van der Waals surface area contributed by atoms with E-state index in [4.69, 9.17) is 0 Å². The van der Waals surface area contributed by atoms with E-state index in [9.17, 15) is 9.59 Å². The zero-order valence-corrected chi connectivity index (χ0v) is 11.7. The average Bonchev–Trinajstić information content (AvgIpc) is 2.87. The van der Waals surface area contributed by atoms with Gasteiger partial charge in [-0.1, -0.05) is 17.9 Å². The van der Waals surface area contributed by atoms with E-state index in [1.807, 2.05) is 12.2 Å². The van der Waals surface area contributed by atoms with Crippen molar-refractivity contribution in [3.8, 4) is 11.8 Å². The Balaban J connectivity index is 2.34. The van der Waals surface area contributed by atoms with Crippen LogP contribution in [0.25, 0.3) is 0 Å². The summed E-state index contributed by atoms with van der Waals surface area (Å²) >= 11 is 0. The van der Waals surface area contributed by atoms with E-state index in [0.29, 0.717) is 17.2 Å². The molecule has 0 bridgehead atoms. The molecule has 0 fully saturated rings. The van der Waals surface area contributed by atoms with E-state index in [1.54, 1.807) is 18.2 Å². The van der Waals surface area contributed by atoms with Crippen LogP contribution in [0.5, 0.6) is 0 Å². The fraction of sp³-hybridized carbons (Fsp3) is 0.125. The molecule has 0 radical (unpaired) electrons. The minimum Gasteiger partial charge on any atom is -0.311 e. The Morgan fingerprint density at radius 1 is 1.10 bits per heavy atom. The molecule has 1 heterocycles. The predicted molar refractivity (Wildman–Crippen MR) is 80.5 cm³/mol. The van der Waals surface area contributed by atoms with Crippen LogP contribution in [0.3, 0.4) is 0 Å². The largest absolute Gasteiger partial charge is 0.311 e. The number of nitrogens with zero attached hydrogens (tertiary/aromatic N) is 1. The van der Waals surface area contributed by atoms with Crippen LogP contribution in [0.4, 0.5) is 11.6 Å². The van der Waals surface area contributed by atoms with Gasteiger partial charge < -0.3 is 10.6 Å². The fourth-order valence-corrected chi connectivity index (χ4v) is 1.64. The molecule has 0 saturated heterocycles. The number of aromatic nitrogens is 1. The topological polar surface area (TPSA) is 71.1 Å². The van der Waals surface area contributed by atoms with Crippen molar-refractivity contribution < 1.29 is 9.59 Å². The second-order valence-corrected chi connectivity index (χ2v) is 4.32. The van der Waals surface area contributed by atoms with E-state index in [2.05, 4.69) is 33.2 Å². The summed E-state index contributed by atoms with van der Waals surface area (Å²) in [7, 11) is 0. The first-order valence-electron chi connectivity index (χ1n) is 6.25. The van der Waals surface area contributed by atoms with E-state index >= 15 is 0 Å². The lowest BCUT2D eigenvalue weighted by atomic mass is 10.2. The highest BCUT2D eigenvalue weighted by atomic mass is 16.2. The molecular weight excluding hydrogens is 266 g/mol. The van der Waals surface area contributed by atoms with Gasteiger partial charge in [-0.3, -0.25) is 9.59 Å². The zero-order chi connectivity index (χ0) is 15.2. The number of carbonyl (C=O) groups is 2. The maximum absolute atomic E-state index is 11.1. The van der Waals surface area contributed by atoms with Gasteiger partial charge in [0.05, 0.1) is 5.57 Å². The number of nitrogens with one attached hydrogen (secondary N) is 2. The number of carbonyl (C=O) groups excluding carboxylic acids is 2. The first-order valence-corrected chi connectivity index (χ1v) is 6.25. The van der Waals surface area contributed by atoms with E-state index < -0.39 is 0 Å². The normalized spacial score (nSPS) is 11.4. The second-order valence-electron chi connectivity index (χ2n) is 4.32. The van der Waals surface area contributed by atoms with Gasteiger partial charge >= 0.3 is 0 Å². The smallest absolute Gasteiger partial charge is 0.222 e. The van der Waals surface area contributed by atoms with E-state index in [1.165, 1.54) is 13.8 Å². The van der Waals surface area contributed by atoms with Crippen LogP contribution in [0.1, 0.15) is 19.4 Å². The molecule has 1 aromatic rings. The molecule has 1 aromatic heterocycles. The van der Waals surface area contributed by atoms with Crippen molar-refractivity contribution in [3.05, 3.63) is 47.2 Å². The van der Waals surface area contributed by atoms with Crippen LogP contribution in [-0.4, -0.2) is 16.8 Å². The molecule has 1 aliphatic carbocycles. The van der Waals surface area contributed by atoms with Crippen molar-refractivity contribution >= 4 is 23.5 Å². The Morgan fingerprint density at radius 3 is 2.19 bits per heavy atom. The molecule has 0 spiro atoms. The number of rotatable bonds is 2. The summed E-state index contributed by atoms with van der Waals surface area (Å²) in [6.45, 7) is 2.77. The molecule has 21 heavy (non-hydrogen) atoms. The molecule has 2 N–H and O–H groups in total. The van der Waals surface area contributed by atoms with Crippen LogP contribution in [-0.2, 0) is 9.59 Å². The van der Waals surface area contributed by atoms with Crippen molar-refractivity contribution in [2.24, 2.45) is 0 Å². The number of allylic oxidation sites excluding steroid dienone is 3. The highest BCUT2D eigenvalue weighted by Gasteiger charge is 2.04. The van der Waals surface area contributed by atoms with Crippen LogP contribution in [0.15, 0.2) is 41.7 Å². The van der Waals surface area contributed by atoms with Crippen LogP contribution >= 0.6 is 0 Å². The lowest BCUT2D eigenvalue weighted by Gasteiger charge is -2.06. The van der Waals surface area contributed by atoms with Gasteiger partial charge in [-0.15, -0.1) is 5.73 Å². The predicted octanol–water partition coefficient (Wildman–Crippen LogP) is 2.00. The van der Waals surface area contributed by atoms with Crippen LogP contribution in [0.2, 0.25) is 0 Å². The standard InChI is InChI=1S/C16H13N3O2/c1-11(20)17-15-9-14(8-7-13-5-3-4-6-13)10-16(19-15)18-12(2)21/h3-5,9-10H,1-2H3,(H2,17,18,19,20,21). The minimum absolute atomic E-state index is 0.245. The van der Waals surface area contributed by atoms with E-state index in [-0.39, 0.29) is 11.8 Å². The number of amides is 2. The first kappa shape index (κ1) is 14.3. The molecule has 104 valence electrons. The van der Waals surface area contributed by atoms with Gasteiger partial charge in [-0.25, -0.2) is 4.98 Å². The van der Waals surface area contributed by atoms with Crippen LogP contribution < -0.4 is 10.6 Å². The molecule has 0 aromatic carbocycles. The SMILES string of the molecule is CC(=O)Nc1cc(C#CC2=C=CC=C2)cc(NC(C)=O)n1. The highest BCUT2D eigenvalue weighted by Crippen LogP contribution is 2.14. The molecule has 2 amide bonds. The molecule has 0 saturated carbocycles. The van der Waals surface area contributed by atoms with Gasteiger partial charge in [0.15, 0.2) is 0 Å².